The molecule has 6 rings (SSSR count). The van der Waals surface area contributed by atoms with E-state index >= 15 is 0 Å². The Morgan fingerprint density at radius 1 is 0.754 bits per heavy atom. The molecule has 2 aromatic carbocycles. The van der Waals surface area contributed by atoms with Crippen molar-refractivity contribution in [3.63, 3.8) is 0 Å². The zero-order valence-corrected chi connectivity index (χ0v) is 36.7. The fourth-order valence-electron chi connectivity index (χ4n) is 7.75. The van der Waals surface area contributed by atoms with Crippen molar-refractivity contribution in [1.29, 1.82) is 0 Å². The molecule has 2 fully saturated rings. The maximum atomic E-state index is 14.0. The van der Waals surface area contributed by atoms with Gasteiger partial charge in [-0.15, -0.1) is 0 Å². The van der Waals surface area contributed by atoms with Crippen LogP contribution in [0.5, 0.6) is 0 Å². The first-order valence-corrected chi connectivity index (χ1v) is 21.7. The molecule has 0 saturated carbocycles. The highest BCUT2D eigenvalue weighted by Gasteiger charge is 2.42. The van der Waals surface area contributed by atoms with E-state index in [9.17, 15) is 27.6 Å². The van der Waals surface area contributed by atoms with Gasteiger partial charge in [-0.3, -0.25) is 9.59 Å². The number of hydrogen-bond acceptors (Lipinski definition) is 10. The number of ether oxygens (including phenoxy) is 2. The predicted octanol–water partition coefficient (Wildman–Crippen LogP) is 4.55. The van der Waals surface area contributed by atoms with E-state index in [0.717, 1.165) is 45.1 Å². The first-order chi connectivity index (χ1) is 29.0. The first kappa shape index (κ1) is 44.8. The van der Waals surface area contributed by atoms with E-state index in [1.165, 1.54) is 32.6 Å². The number of aromatic amines is 2. The molecule has 4 N–H and O–H groups in total. The molecule has 0 unspecified atom stereocenters. The van der Waals surface area contributed by atoms with Gasteiger partial charge >= 0.3 is 12.2 Å². The standard InChI is InChI=1S/C42H56N10O8S/c1-25(2)35(47-41(55)59-7)39(53)51-19-9-10-33(51)37-43-22-31(45-37)29-15-11-27(12-16-29)28-13-17-30(18-14-28)32-23-44-38(46-32)34-24-50(61(57,58)49(5)6)20-21-52(34)40(54)36(26(3)4)48-42(56)60-8/h11-18,22-23,25-26,33-36H,9-10,19-21,24H2,1-8H3,(H,43,45)(H,44,46)(H,47,55)(H,48,56)/t33-,34-,35-,36-/m0/s1. The number of benzene rings is 2. The smallest absolute Gasteiger partial charge is 0.407 e. The van der Waals surface area contributed by atoms with Crippen molar-refractivity contribution in [2.24, 2.45) is 11.8 Å². The summed E-state index contributed by atoms with van der Waals surface area (Å²) in [7, 11) is 1.63. The van der Waals surface area contributed by atoms with Crippen LogP contribution < -0.4 is 10.6 Å². The van der Waals surface area contributed by atoms with E-state index in [1.807, 2.05) is 76.2 Å². The third kappa shape index (κ3) is 9.73. The van der Waals surface area contributed by atoms with Crippen molar-refractivity contribution in [3.8, 4) is 33.6 Å². The number of piperazine rings is 1. The largest absolute Gasteiger partial charge is 0.453 e. The summed E-state index contributed by atoms with van der Waals surface area (Å²) in [6, 6.07) is 13.3. The van der Waals surface area contributed by atoms with Gasteiger partial charge in [-0.1, -0.05) is 76.2 Å². The molecule has 0 radical (unpaired) electrons. The Balaban J connectivity index is 1.17. The molecule has 4 amide bonds. The van der Waals surface area contributed by atoms with E-state index in [-0.39, 0.29) is 49.3 Å². The lowest BCUT2D eigenvalue weighted by molar-refractivity contribution is -0.139. The minimum atomic E-state index is -3.80. The van der Waals surface area contributed by atoms with Crippen LogP contribution >= 0.6 is 0 Å². The molecule has 4 aromatic rings. The molecule has 4 heterocycles. The highest BCUT2D eigenvalue weighted by atomic mass is 32.2. The molecule has 61 heavy (non-hydrogen) atoms. The molecule has 328 valence electrons. The average molecular weight is 861 g/mol. The van der Waals surface area contributed by atoms with Crippen LogP contribution in [0.2, 0.25) is 0 Å². The molecule has 19 heteroatoms. The summed E-state index contributed by atoms with van der Waals surface area (Å²) >= 11 is 0. The second-order valence-electron chi connectivity index (χ2n) is 16.1. The van der Waals surface area contributed by atoms with Crippen LogP contribution in [0.15, 0.2) is 60.9 Å². The molecule has 4 atom stereocenters. The minimum Gasteiger partial charge on any atom is -0.453 e. The fourth-order valence-corrected chi connectivity index (χ4v) is 8.85. The molecule has 0 bridgehead atoms. The number of carbonyl (C=O) groups is 4. The second-order valence-corrected chi connectivity index (χ2v) is 18.3. The zero-order chi connectivity index (χ0) is 44.2. The lowest BCUT2D eigenvalue weighted by Crippen LogP contribution is -2.59. The molecule has 2 aromatic heterocycles. The number of carbonyl (C=O) groups excluding carboxylic acids is 4. The first-order valence-electron chi connectivity index (χ1n) is 20.3. The van der Waals surface area contributed by atoms with Gasteiger partial charge < -0.3 is 39.9 Å². The fraction of sp³-hybridized carbons (Fsp3) is 0.476. The number of H-pyrrole nitrogens is 2. The van der Waals surface area contributed by atoms with Gasteiger partial charge in [0.1, 0.15) is 29.8 Å². The third-order valence-corrected chi connectivity index (χ3v) is 13.2. The van der Waals surface area contributed by atoms with Crippen molar-refractivity contribution < 1.29 is 37.1 Å². The minimum absolute atomic E-state index is 0.0370. The van der Waals surface area contributed by atoms with E-state index in [4.69, 9.17) is 14.5 Å². The van der Waals surface area contributed by atoms with Gasteiger partial charge in [-0.25, -0.2) is 19.6 Å². The summed E-state index contributed by atoms with van der Waals surface area (Å²) in [6.07, 6.45) is 3.70. The quantitative estimate of drug-likeness (QED) is 0.147. The Labute approximate surface area is 356 Å². The molecular weight excluding hydrogens is 805 g/mol. The average Bonchev–Trinajstić information content (AvgIpc) is 4.06. The number of methoxy groups -OCH3 is 2. The number of amides is 4. The van der Waals surface area contributed by atoms with Gasteiger partial charge in [0, 0.05) is 52.0 Å². The summed E-state index contributed by atoms with van der Waals surface area (Å²) in [5.74, 6) is 0.167. The van der Waals surface area contributed by atoms with Crippen LogP contribution in [-0.2, 0) is 29.3 Å². The SMILES string of the molecule is COC(=O)N[C@H](C(=O)N1CCN(S(=O)(=O)N(C)C)C[C@H]1c1nc(-c2ccc(-c3ccc(-c4cnc([C@@H]5CCCN5C(=O)[C@@H](NC(=O)OC)C(C)C)[nH]4)cc3)cc2)c[nH]1)C(C)C. The summed E-state index contributed by atoms with van der Waals surface area (Å²) in [5, 5.41) is 5.31. The van der Waals surface area contributed by atoms with Crippen molar-refractivity contribution in [2.75, 3.05) is 54.5 Å². The van der Waals surface area contributed by atoms with Crippen molar-refractivity contribution >= 4 is 34.2 Å². The Morgan fingerprint density at radius 3 is 1.80 bits per heavy atom. The van der Waals surface area contributed by atoms with Crippen molar-refractivity contribution in [1.82, 2.24) is 49.0 Å². The van der Waals surface area contributed by atoms with Crippen LogP contribution in [0.1, 0.15) is 64.3 Å². The summed E-state index contributed by atoms with van der Waals surface area (Å²) in [6.45, 7) is 8.09. The Bertz CT molecular complexity index is 2290. The number of hydrogen-bond donors (Lipinski definition) is 4. The van der Waals surface area contributed by atoms with Crippen LogP contribution in [-0.4, -0.2) is 137 Å². The van der Waals surface area contributed by atoms with Gasteiger partial charge in [-0.2, -0.15) is 17.0 Å². The van der Waals surface area contributed by atoms with E-state index in [2.05, 4.69) is 25.6 Å². The molecule has 18 nitrogen and oxygen atoms in total. The van der Waals surface area contributed by atoms with Crippen LogP contribution in [0.3, 0.4) is 0 Å². The van der Waals surface area contributed by atoms with Gasteiger partial charge in [-0.05, 0) is 41.4 Å². The summed E-state index contributed by atoms with van der Waals surface area (Å²) < 4.78 is 38.4. The highest BCUT2D eigenvalue weighted by molar-refractivity contribution is 7.86. The van der Waals surface area contributed by atoms with Crippen molar-refractivity contribution in [2.45, 2.75) is 64.7 Å². The molecule has 2 aliphatic rings. The Hall–Kier alpha value is -5.79. The van der Waals surface area contributed by atoms with E-state index < -0.39 is 40.5 Å². The zero-order valence-electron chi connectivity index (χ0n) is 35.8. The van der Waals surface area contributed by atoms with Crippen LogP contribution in [0.25, 0.3) is 33.6 Å². The van der Waals surface area contributed by atoms with Gasteiger partial charge in [0.25, 0.3) is 10.2 Å². The topological polar surface area (TPSA) is 215 Å². The maximum Gasteiger partial charge on any atom is 0.407 e. The second kappa shape index (κ2) is 18.9. The molecule has 0 aliphatic carbocycles. The van der Waals surface area contributed by atoms with Crippen molar-refractivity contribution in [3.05, 3.63) is 72.6 Å². The van der Waals surface area contributed by atoms with E-state index in [1.54, 1.807) is 22.2 Å². The van der Waals surface area contributed by atoms with Gasteiger partial charge in [0.15, 0.2) is 0 Å². The molecule has 2 aliphatic heterocycles. The summed E-state index contributed by atoms with van der Waals surface area (Å²) in [4.78, 5) is 71.2. The Kier molecular flexibility index (Phi) is 13.8. The molecular formula is C42H56N10O8S. The third-order valence-electron chi connectivity index (χ3n) is 11.3. The maximum absolute atomic E-state index is 14.0. The Morgan fingerprint density at radius 2 is 1.28 bits per heavy atom. The van der Waals surface area contributed by atoms with Crippen LogP contribution in [0, 0.1) is 11.8 Å². The molecule has 2 saturated heterocycles. The van der Waals surface area contributed by atoms with Crippen LogP contribution in [0.4, 0.5) is 9.59 Å². The number of nitrogens with one attached hydrogen (secondary N) is 4. The predicted molar refractivity (Wildman–Crippen MR) is 228 cm³/mol. The summed E-state index contributed by atoms with van der Waals surface area (Å²) in [5.41, 5.74) is 5.14. The lowest BCUT2D eigenvalue weighted by Gasteiger charge is -2.42. The number of rotatable bonds is 13. The van der Waals surface area contributed by atoms with Gasteiger partial charge in [0.05, 0.1) is 37.8 Å². The number of imidazole rings is 2. The number of likely N-dealkylation sites (tertiary alicyclic amines) is 1. The number of aromatic nitrogens is 4. The highest BCUT2D eigenvalue weighted by Crippen LogP contribution is 2.34. The number of nitrogens with zero attached hydrogens (tertiary/aromatic N) is 6. The lowest BCUT2D eigenvalue weighted by atomic mass is 10.0. The normalized spacial score (nSPS) is 18.3. The van der Waals surface area contributed by atoms with E-state index in [0.29, 0.717) is 23.9 Å². The van der Waals surface area contributed by atoms with Gasteiger partial charge in [0.2, 0.25) is 11.8 Å². The monoisotopic (exact) mass is 860 g/mol. The number of alkyl carbamates (subject to hydrolysis) is 2. The molecule has 0 spiro atoms.